The molecule has 4 aliphatic rings. The summed E-state index contributed by atoms with van der Waals surface area (Å²) in [6.45, 7) is 9.02. The fraction of sp³-hybridized carbons (Fsp3) is 0.373. The highest BCUT2D eigenvalue weighted by Crippen LogP contribution is 2.43. The van der Waals surface area contributed by atoms with E-state index in [1.807, 2.05) is 58.2 Å². The van der Waals surface area contributed by atoms with Crippen molar-refractivity contribution in [3.63, 3.8) is 0 Å². The zero-order valence-corrected chi connectivity index (χ0v) is 39.8. The molecule has 18 nitrogen and oxygen atoms in total. The van der Waals surface area contributed by atoms with E-state index in [9.17, 15) is 29.1 Å². The molecule has 4 heterocycles. The number of aliphatic hydroxyl groups excluding tert-OH is 1. The fourth-order valence-corrected chi connectivity index (χ4v) is 8.28. The maximum Gasteiger partial charge on any atom is 0.416 e. The second-order valence-corrected chi connectivity index (χ2v) is 17.3. The molecule has 0 radical (unpaired) electrons. The highest BCUT2D eigenvalue weighted by molar-refractivity contribution is 6.07. The maximum absolute atomic E-state index is 14.3. The highest BCUT2D eigenvalue weighted by atomic mass is 16.6. The number of nitrogens with zero attached hydrogens (tertiary/aromatic N) is 4. The van der Waals surface area contributed by atoms with Crippen LogP contribution in [0.1, 0.15) is 80.2 Å². The van der Waals surface area contributed by atoms with Crippen molar-refractivity contribution in [1.82, 2.24) is 15.1 Å². The van der Waals surface area contributed by atoms with E-state index in [0.717, 1.165) is 16.0 Å². The van der Waals surface area contributed by atoms with Crippen LogP contribution in [0.15, 0.2) is 101 Å². The lowest BCUT2D eigenvalue weighted by Gasteiger charge is -2.31. The third kappa shape index (κ3) is 10.8. The first-order chi connectivity index (χ1) is 33.1. The molecule has 0 saturated heterocycles. The molecule has 5 amide bonds. The number of aliphatic imine (C=N–C) groups is 1. The van der Waals surface area contributed by atoms with Gasteiger partial charge in [0.05, 0.1) is 68.1 Å². The topological polar surface area (TPSA) is 224 Å². The van der Waals surface area contributed by atoms with Crippen molar-refractivity contribution in [1.29, 1.82) is 0 Å². The number of carbonyl (C=O) groups is 5. The number of nitrogens with one attached hydrogen (secondary N) is 2. The molecule has 5 N–H and O–H groups in total. The summed E-state index contributed by atoms with van der Waals surface area (Å²) in [7, 11) is 2.93. The molecule has 0 aromatic heterocycles. The lowest BCUT2D eigenvalue weighted by Crippen LogP contribution is -2.50. The van der Waals surface area contributed by atoms with Crippen molar-refractivity contribution in [3.8, 4) is 23.0 Å². The maximum atomic E-state index is 14.3. The van der Waals surface area contributed by atoms with Crippen molar-refractivity contribution >= 4 is 53.0 Å². The second kappa shape index (κ2) is 21.7. The second-order valence-electron chi connectivity index (χ2n) is 17.3. The van der Waals surface area contributed by atoms with Crippen molar-refractivity contribution < 1.29 is 52.8 Å². The number of benzene rings is 3. The number of nitrogens with two attached hydrogens (primary N) is 1. The number of methoxy groups -OCH3 is 2. The van der Waals surface area contributed by atoms with Crippen molar-refractivity contribution in [3.05, 3.63) is 113 Å². The van der Waals surface area contributed by atoms with Crippen LogP contribution in [0.25, 0.3) is 0 Å². The standard InChI is InChI=1S/C51H59N7O11/c1-8-11-32-19-35-25-53-38-23-43(41(65-6)21-36(38)48(61)56(35)26-32)67-17-10-18-68-44-24-39-37(22-42(44)66-7)49(62)57-27-33(12-9-2)20-40(57)50(63)58(39)51(64)69-28-31-13-15-34(16-14-31)55-46(59)30(5)54-47(60)45(52)29(3)4/h8-9,11-16,21-27,29-30,35,40,45,50,63H,10,17-20,28,52H2,1-7H3,(H,54,60)(H,55,59)/t30-,35-,40-,45-,50-/m0/s1. The quantitative estimate of drug-likeness (QED) is 0.106. The molecule has 0 spiro atoms. The van der Waals surface area contributed by atoms with E-state index >= 15 is 0 Å². The molecule has 18 heteroatoms. The minimum absolute atomic E-state index is 0.0485. The van der Waals surface area contributed by atoms with Gasteiger partial charge in [0.15, 0.2) is 29.2 Å². The van der Waals surface area contributed by atoms with Gasteiger partial charge in [-0.25, -0.2) is 9.69 Å². The normalized spacial score (nSPS) is 19.2. The van der Waals surface area contributed by atoms with Gasteiger partial charge in [-0.15, -0.1) is 0 Å². The van der Waals surface area contributed by atoms with E-state index in [1.165, 1.54) is 31.3 Å². The first kappa shape index (κ1) is 49.5. The molecule has 0 aliphatic carbocycles. The van der Waals surface area contributed by atoms with E-state index in [2.05, 4.69) is 15.6 Å². The molecule has 7 rings (SSSR count). The molecule has 5 atom stereocenters. The van der Waals surface area contributed by atoms with Gasteiger partial charge in [-0.3, -0.25) is 24.2 Å². The summed E-state index contributed by atoms with van der Waals surface area (Å²) >= 11 is 0. The van der Waals surface area contributed by atoms with Crippen LogP contribution in [0.5, 0.6) is 23.0 Å². The Hall–Kier alpha value is -7.44. The van der Waals surface area contributed by atoms with Crippen LogP contribution >= 0.6 is 0 Å². The van der Waals surface area contributed by atoms with Crippen LogP contribution in [-0.4, -0.2) is 109 Å². The fourth-order valence-electron chi connectivity index (χ4n) is 8.28. The molecule has 69 heavy (non-hydrogen) atoms. The van der Waals surface area contributed by atoms with Gasteiger partial charge >= 0.3 is 6.09 Å². The zero-order valence-electron chi connectivity index (χ0n) is 39.8. The van der Waals surface area contributed by atoms with Crippen molar-refractivity contribution in [2.75, 3.05) is 37.7 Å². The Balaban J connectivity index is 1.04. The Morgan fingerprint density at radius 1 is 0.826 bits per heavy atom. The van der Waals surface area contributed by atoms with Crippen LogP contribution in [0.3, 0.4) is 0 Å². The van der Waals surface area contributed by atoms with Gasteiger partial charge < -0.3 is 55.0 Å². The van der Waals surface area contributed by atoms with Crippen LogP contribution in [-0.2, 0) is 20.9 Å². The van der Waals surface area contributed by atoms with Crippen LogP contribution in [0, 0.1) is 5.92 Å². The SMILES string of the molecule is CC=CC1=CN2C(=O)c3cc(OC)c(OCCCOc4cc5c(cc4OC)C(=O)N4C=C(C=CC)C[C@H]4[C@H](O)N5C(=O)OCc4ccc(NC(=O)[C@H](C)NC(=O)[C@@H](N)C(C)C)cc4)cc3N=C[C@@H]2C1. The molecule has 0 fully saturated rings. The summed E-state index contributed by atoms with van der Waals surface area (Å²) in [5.74, 6) is -0.460. The lowest BCUT2D eigenvalue weighted by molar-refractivity contribution is -0.127. The number of anilines is 2. The van der Waals surface area contributed by atoms with Crippen LogP contribution < -0.4 is 40.2 Å². The summed E-state index contributed by atoms with van der Waals surface area (Å²) in [6, 6.07) is 10.2. The molecule has 4 aliphatic heterocycles. The van der Waals surface area contributed by atoms with Crippen LogP contribution in [0.4, 0.5) is 21.9 Å². The molecular weight excluding hydrogens is 887 g/mol. The first-order valence-corrected chi connectivity index (χ1v) is 22.8. The van der Waals surface area contributed by atoms with Gasteiger partial charge in [-0.1, -0.05) is 50.3 Å². The number of fused-ring (bicyclic) bond motifs is 4. The molecule has 3 aromatic rings. The average Bonchev–Trinajstić information content (AvgIpc) is 3.91. The number of ether oxygens (including phenoxy) is 5. The Bertz CT molecular complexity index is 2620. The number of allylic oxidation sites excluding steroid dienone is 4. The summed E-state index contributed by atoms with van der Waals surface area (Å²) in [4.78, 5) is 76.0. The van der Waals surface area contributed by atoms with Gasteiger partial charge in [-0.05, 0) is 80.5 Å². The number of rotatable bonds is 17. The number of hydrogen-bond donors (Lipinski definition) is 4. The Morgan fingerprint density at radius 2 is 1.43 bits per heavy atom. The average molecular weight is 946 g/mol. The minimum atomic E-state index is -1.54. The van der Waals surface area contributed by atoms with Crippen LogP contribution in [0.2, 0.25) is 0 Å². The van der Waals surface area contributed by atoms with Gasteiger partial charge in [-0.2, -0.15) is 0 Å². The smallest absolute Gasteiger partial charge is 0.416 e. The number of hydrogen-bond acceptors (Lipinski definition) is 13. The van der Waals surface area contributed by atoms with E-state index < -0.39 is 48.2 Å². The summed E-state index contributed by atoms with van der Waals surface area (Å²) in [5.41, 5.74) is 9.72. The van der Waals surface area contributed by atoms with E-state index in [4.69, 9.17) is 29.4 Å². The number of amides is 5. The van der Waals surface area contributed by atoms with Crippen molar-refractivity contribution in [2.24, 2.45) is 16.6 Å². The molecule has 0 saturated carbocycles. The van der Waals surface area contributed by atoms with Gasteiger partial charge in [0.1, 0.15) is 12.6 Å². The number of carbonyl (C=O) groups excluding carboxylic acids is 5. The first-order valence-electron chi connectivity index (χ1n) is 22.8. The predicted octanol–water partition coefficient (Wildman–Crippen LogP) is 6.52. The van der Waals surface area contributed by atoms with E-state index in [1.54, 1.807) is 60.6 Å². The summed E-state index contributed by atoms with van der Waals surface area (Å²) in [6.07, 6.45) is 11.7. The summed E-state index contributed by atoms with van der Waals surface area (Å²) in [5, 5.41) is 17.3. The largest absolute Gasteiger partial charge is 0.493 e. The van der Waals surface area contributed by atoms with Gasteiger partial charge in [0, 0.05) is 42.9 Å². The molecule has 0 unspecified atom stereocenters. The monoisotopic (exact) mass is 945 g/mol. The van der Waals surface area contributed by atoms with E-state index in [-0.39, 0.29) is 66.9 Å². The Labute approximate surface area is 401 Å². The van der Waals surface area contributed by atoms with Gasteiger partial charge in [0.2, 0.25) is 11.8 Å². The highest BCUT2D eigenvalue weighted by Gasteiger charge is 2.45. The molecule has 3 aromatic carbocycles. The zero-order chi connectivity index (χ0) is 49.5. The molecule has 364 valence electrons. The Kier molecular flexibility index (Phi) is 15.5. The summed E-state index contributed by atoms with van der Waals surface area (Å²) < 4.78 is 29.4. The van der Waals surface area contributed by atoms with Crippen molar-refractivity contribution in [2.45, 2.75) is 90.9 Å². The predicted molar refractivity (Wildman–Crippen MR) is 259 cm³/mol. The Morgan fingerprint density at radius 3 is 2.07 bits per heavy atom. The third-order valence-electron chi connectivity index (χ3n) is 12.1. The molecule has 0 bridgehead atoms. The molecular formula is C51H59N7O11. The van der Waals surface area contributed by atoms with E-state index in [0.29, 0.717) is 46.8 Å². The number of aliphatic hydroxyl groups is 1. The lowest BCUT2D eigenvalue weighted by atomic mass is 10.0. The van der Waals surface area contributed by atoms with Gasteiger partial charge in [0.25, 0.3) is 11.8 Å². The minimum Gasteiger partial charge on any atom is -0.493 e. The third-order valence-corrected chi connectivity index (χ3v) is 12.1.